The summed E-state index contributed by atoms with van der Waals surface area (Å²) in [5.41, 5.74) is 7.83. The molecular weight excluding hydrogens is 295 g/mol. The number of carbonyl (C=O) groups excluding carboxylic acids is 1. The van der Waals surface area contributed by atoms with Crippen molar-refractivity contribution in [3.63, 3.8) is 0 Å². The summed E-state index contributed by atoms with van der Waals surface area (Å²) >= 11 is 12.5. The molecule has 0 aliphatic carbocycles. The van der Waals surface area contributed by atoms with Gasteiger partial charge in [-0.2, -0.15) is 0 Å². The molecule has 100 valence electrons. The van der Waals surface area contributed by atoms with E-state index in [4.69, 9.17) is 28.9 Å². The average Bonchev–Trinajstić information content (AvgIpc) is 2.37. The Morgan fingerprint density at radius 1 is 1.25 bits per heavy atom. The van der Waals surface area contributed by atoms with Crippen molar-refractivity contribution in [1.82, 2.24) is 4.98 Å². The van der Waals surface area contributed by atoms with Gasteiger partial charge in [0.05, 0.1) is 21.6 Å². The van der Waals surface area contributed by atoms with E-state index in [-0.39, 0.29) is 0 Å². The summed E-state index contributed by atoms with van der Waals surface area (Å²) in [5.74, 6) is -0.530. The number of para-hydroxylation sites is 1. The number of amides is 1. The van der Waals surface area contributed by atoms with Gasteiger partial charge in [0.2, 0.25) is 0 Å². The first-order valence-corrected chi connectivity index (χ1v) is 6.72. The minimum Gasteiger partial charge on any atom is -0.366 e. The molecule has 0 atom stereocenters. The first kappa shape index (κ1) is 13.2. The van der Waals surface area contributed by atoms with Gasteiger partial charge in [0, 0.05) is 15.8 Å². The van der Waals surface area contributed by atoms with Gasteiger partial charge in [-0.25, -0.2) is 4.98 Å². The highest BCUT2D eigenvalue weighted by Crippen LogP contribution is 2.35. The van der Waals surface area contributed by atoms with Crippen LogP contribution in [0.1, 0.15) is 15.9 Å². The number of pyridine rings is 1. The van der Waals surface area contributed by atoms with Crippen LogP contribution in [-0.4, -0.2) is 10.9 Å². The van der Waals surface area contributed by atoms with E-state index >= 15 is 0 Å². The summed E-state index contributed by atoms with van der Waals surface area (Å²) in [4.78, 5) is 16.0. The lowest BCUT2D eigenvalue weighted by Gasteiger charge is -2.10. The van der Waals surface area contributed by atoms with E-state index in [1.165, 1.54) is 0 Å². The number of fused-ring (bicyclic) bond motifs is 2. The van der Waals surface area contributed by atoms with Gasteiger partial charge >= 0.3 is 0 Å². The number of halogens is 2. The average molecular weight is 305 g/mol. The second kappa shape index (κ2) is 4.62. The highest BCUT2D eigenvalue weighted by molar-refractivity contribution is 6.41. The Kier molecular flexibility index (Phi) is 3.04. The molecule has 0 aliphatic heterocycles. The third-order valence-electron chi connectivity index (χ3n) is 3.27. The number of nitrogens with zero attached hydrogens (tertiary/aromatic N) is 1. The number of aryl methyl sites for hydroxylation is 1. The summed E-state index contributed by atoms with van der Waals surface area (Å²) in [7, 11) is 0. The minimum atomic E-state index is -0.530. The second-order valence-electron chi connectivity index (χ2n) is 4.61. The van der Waals surface area contributed by atoms with Crippen molar-refractivity contribution in [3.8, 4) is 0 Å². The fraction of sp³-hybridized carbons (Fsp3) is 0.0667. The monoisotopic (exact) mass is 304 g/mol. The molecule has 5 heteroatoms. The number of hydrogen-bond donors (Lipinski definition) is 1. The molecule has 0 bridgehead atoms. The van der Waals surface area contributed by atoms with Gasteiger partial charge in [-0.3, -0.25) is 4.79 Å². The van der Waals surface area contributed by atoms with E-state index < -0.39 is 5.91 Å². The Labute approximate surface area is 125 Å². The number of carbonyl (C=O) groups is 1. The van der Waals surface area contributed by atoms with Crippen LogP contribution in [0, 0.1) is 6.92 Å². The van der Waals surface area contributed by atoms with Crippen molar-refractivity contribution in [2.75, 3.05) is 0 Å². The number of aromatic nitrogens is 1. The largest absolute Gasteiger partial charge is 0.366 e. The molecule has 0 spiro atoms. The zero-order valence-corrected chi connectivity index (χ0v) is 12.1. The molecule has 0 radical (unpaired) electrons. The first-order valence-electron chi connectivity index (χ1n) is 5.97. The highest BCUT2D eigenvalue weighted by Gasteiger charge is 2.14. The molecule has 0 saturated heterocycles. The molecule has 0 saturated carbocycles. The summed E-state index contributed by atoms with van der Waals surface area (Å²) < 4.78 is 0. The smallest absolute Gasteiger partial charge is 0.250 e. The molecule has 0 fully saturated rings. The second-order valence-corrected chi connectivity index (χ2v) is 5.42. The Morgan fingerprint density at radius 3 is 2.70 bits per heavy atom. The SMILES string of the molecule is Cc1cc(Cl)cc2nc3c(C(N)=O)cccc3c(Cl)c12. The van der Waals surface area contributed by atoms with Gasteiger partial charge in [0.25, 0.3) is 5.91 Å². The van der Waals surface area contributed by atoms with Crippen LogP contribution in [0.4, 0.5) is 0 Å². The maximum atomic E-state index is 11.5. The molecule has 3 rings (SSSR count). The molecule has 1 heterocycles. The minimum absolute atomic E-state index is 0.351. The molecule has 1 amide bonds. The molecule has 2 N–H and O–H groups in total. The zero-order chi connectivity index (χ0) is 14.4. The van der Waals surface area contributed by atoms with E-state index in [1.54, 1.807) is 18.2 Å². The molecule has 2 aromatic carbocycles. The Hall–Kier alpha value is -1.84. The Morgan fingerprint density at radius 2 is 2.00 bits per heavy atom. The van der Waals surface area contributed by atoms with Gasteiger partial charge in [0.15, 0.2) is 0 Å². The molecule has 3 nitrogen and oxygen atoms in total. The van der Waals surface area contributed by atoms with Crippen molar-refractivity contribution in [3.05, 3.63) is 51.5 Å². The highest BCUT2D eigenvalue weighted by atomic mass is 35.5. The van der Waals surface area contributed by atoms with Crippen LogP contribution in [0.3, 0.4) is 0 Å². The number of nitrogens with two attached hydrogens (primary N) is 1. The van der Waals surface area contributed by atoms with Crippen molar-refractivity contribution in [2.45, 2.75) is 6.92 Å². The molecule has 3 aromatic rings. The third-order valence-corrected chi connectivity index (χ3v) is 3.88. The van der Waals surface area contributed by atoms with Crippen LogP contribution < -0.4 is 5.73 Å². The van der Waals surface area contributed by atoms with Crippen LogP contribution in [0.25, 0.3) is 21.8 Å². The van der Waals surface area contributed by atoms with Gasteiger partial charge in [-0.15, -0.1) is 0 Å². The number of benzene rings is 2. The molecule has 20 heavy (non-hydrogen) atoms. The van der Waals surface area contributed by atoms with Gasteiger partial charge in [-0.1, -0.05) is 35.3 Å². The van der Waals surface area contributed by atoms with Crippen molar-refractivity contribution >= 4 is 50.9 Å². The van der Waals surface area contributed by atoms with Crippen LogP contribution in [-0.2, 0) is 0 Å². The summed E-state index contributed by atoms with van der Waals surface area (Å²) in [6.07, 6.45) is 0. The first-order chi connectivity index (χ1) is 9.49. The molecular formula is C15H10Cl2N2O. The van der Waals surface area contributed by atoms with Crippen LogP contribution in [0.2, 0.25) is 10.0 Å². The molecule has 0 unspecified atom stereocenters. The van der Waals surface area contributed by atoms with Crippen molar-refractivity contribution < 1.29 is 4.79 Å². The number of hydrogen-bond acceptors (Lipinski definition) is 2. The van der Waals surface area contributed by atoms with Crippen LogP contribution >= 0.6 is 23.2 Å². The number of primary amides is 1. The quantitative estimate of drug-likeness (QED) is 0.688. The Bertz CT molecular complexity index is 875. The normalized spacial score (nSPS) is 11.2. The van der Waals surface area contributed by atoms with Crippen molar-refractivity contribution in [2.24, 2.45) is 5.73 Å². The van der Waals surface area contributed by atoms with Crippen molar-refractivity contribution in [1.29, 1.82) is 0 Å². The van der Waals surface area contributed by atoms with Gasteiger partial charge < -0.3 is 5.73 Å². The van der Waals surface area contributed by atoms with E-state index in [0.29, 0.717) is 32.0 Å². The molecule has 0 aliphatic rings. The topological polar surface area (TPSA) is 56.0 Å². The predicted molar refractivity (Wildman–Crippen MR) is 82.5 cm³/mol. The lowest BCUT2D eigenvalue weighted by molar-refractivity contribution is 0.100. The lowest BCUT2D eigenvalue weighted by atomic mass is 10.0. The van der Waals surface area contributed by atoms with E-state index in [9.17, 15) is 4.79 Å². The van der Waals surface area contributed by atoms with Gasteiger partial charge in [-0.05, 0) is 30.7 Å². The fourth-order valence-corrected chi connectivity index (χ4v) is 3.06. The fourth-order valence-electron chi connectivity index (χ4n) is 2.39. The summed E-state index contributed by atoms with van der Waals surface area (Å²) in [5, 5.41) is 2.68. The number of rotatable bonds is 1. The van der Waals surface area contributed by atoms with E-state index in [2.05, 4.69) is 4.98 Å². The maximum Gasteiger partial charge on any atom is 0.250 e. The van der Waals surface area contributed by atoms with E-state index in [0.717, 1.165) is 10.9 Å². The lowest BCUT2D eigenvalue weighted by Crippen LogP contribution is -2.12. The third kappa shape index (κ3) is 1.90. The Balaban J connectivity index is 2.57. The van der Waals surface area contributed by atoms with Crippen LogP contribution in [0.5, 0.6) is 0 Å². The zero-order valence-electron chi connectivity index (χ0n) is 10.6. The van der Waals surface area contributed by atoms with E-state index in [1.807, 2.05) is 19.1 Å². The summed E-state index contributed by atoms with van der Waals surface area (Å²) in [6, 6.07) is 8.77. The summed E-state index contributed by atoms with van der Waals surface area (Å²) in [6.45, 7) is 1.92. The van der Waals surface area contributed by atoms with Gasteiger partial charge in [0.1, 0.15) is 0 Å². The molecule has 1 aromatic heterocycles. The predicted octanol–water partition coefficient (Wildman–Crippen LogP) is 4.10. The van der Waals surface area contributed by atoms with Crippen LogP contribution in [0.15, 0.2) is 30.3 Å². The standard InChI is InChI=1S/C15H10Cl2N2O/c1-7-5-8(16)6-11-12(7)13(17)9-3-2-4-10(15(18)20)14(9)19-11/h2-6H,1H3,(H2,18,20). The maximum absolute atomic E-state index is 11.5.